The molecule has 6 heteroatoms. The van der Waals surface area contributed by atoms with E-state index >= 15 is 0 Å². The van der Waals surface area contributed by atoms with Gasteiger partial charge in [0.25, 0.3) is 0 Å². The number of alkyl halides is 1. The van der Waals surface area contributed by atoms with E-state index in [1.807, 2.05) is 0 Å². The van der Waals surface area contributed by atoms with Gasteiger partial charge in [0.15, 0.2) is 0 Å². The number of methoxy groups -OCH3 is 1. The second-order valence-electron chi connectivity index (χ2n) is 4.20. The molecule has 1 amide bonds. The van der Waals surface area contributed by atoms with Crippen LogP contribution in [0.2, 0.25) is 0 Å². The Kier molecular flexibility index (Phi) is 3.21. The highest BCUT2D eigenvalue weighted by Gasteiger charge is 2.55. The molecule has 1 saturated carbocycles. The summed E-state index contributed by atoms with van der Waals surface area (Å²) in [4.78, 5) is 22.6. The quantitative estimate of drug-likeness (QED) is 0.584. The van der Waals surface area contributed by atoms with Crippen LogP contribution in [0.3, 0.4) is 0 Å². The minimum Gasteiger partial charge on any atom is -0.459 e. The Bertz CT molecular complexity index is 322. The van der Waals surface area contributed by atoms with Gasteiger partial charge in [0, 0.05) is 20.0 Å². The summed E-state index contributed by atoms with van der Waals surface area (Å²) in [5.41, 5.74) is 0. The third kappa shape index (κ3) is 1.84. The SMILES string of the molecule is CO[C@H]1C[C@@H]2[C@@H](OC(=O)[C@@H]2NC(C)=O)[C@@H]1Br. The van der Waals surface area contributed by atoms with Crippen LogP contribution in [-0.2, 0) is 19.1 Å². The highest BCUT2D eigenvalue weighted by molar-refractivity contribution is 9.09. The number of hydrogen-bond acceptors (Lipinski definition) is 4. The molecule has 0 radical (unpaired) electrons. The highest BCUT2D eigenvalue weighted by atomic mass is 79.9. The maximum atomic E-state index is 11.6. The first-order valence-corrected chi connectivity index (χ1v) is 6.10. The van der Waals surface area contributed by atoms with Crippen LogP contribution in [0.4, 0.5) is 0 Å². The molecule has 5 nitrogen and oxygen atoms in total. The lowest BCUT2D eigenvalue weighted by molar-refractivity contribution is -0.144. The summed E-state index contributed by atoms with van der Waals surface area (Å²) >= 11 is 3.48. The summed E-state index contributed by atoms with van der Waals surface area (Å²) in [5, 5.41) is 2.64. The molecular formula is C10H14BrNO4. The normalized spacial score (nSPS) is 41.7. The lowest BCUT2D eigenvalue weighted by Gasteiger charge is -2.16. The van der Waals surface area contributed by atoms with Crippen molar-refractivity contribution in [1.29, 1.82) is 0 Å². The van der Waals surface area contributed by atoms with Crippen molar-refractivity contribution >= 4 is 27.8 Å². The first-order valence-electron chi connectivity index (χ1n) is 5.19. The summed E-state index contributed by atoms with van der Waals surface area (Å²) in [6.07, 6.45) is 0.544. The Morgan fingerprint density at radius 3 is 2.88 bits per heavy atom. The largest absolute Gasteiger partial charge is 0.459 e. The molecule has 0 aromatic carbocycles. The van der Waals surface area contributed by atoms with E-state index in [9.17, 15) is 9.59 Å². The number of nitrogens with one attached hydrogen (secondary N) is 1. The first-order chi connectivity index (χ1) is 7.54. The van der Waals surface area contributed by atoms with Crippen molar-refractivity contribution in [2.45, 2.75) is 36.4 Å². The van der Waals surface area contributed by atoms with E-state index in [0.717, 1.165) is 0 Å². The summed E-state index contributed by atoms with van der Waals surface area (Å²) in [7, 11) is 1.63. The summed E-state index contributed by atoms with van der Waals surface area (Å²) in [6, 6.07) is -0.525. The number of rotatable bonds is 2. The molecule has 0 spiro atoms. The Morgan fingerprint density at radius 2 is 2.31 bits per heavy atom. The van der Waals surface area contributed by atoms with Crippen molar-refractivity contribution in [2.24, 2.45) is 5.92 Å². The Balaban J connectivity index is 2.12. The van der Waals surface area contributed by atoms with Gasteiger partial charge in [-0.1, -0.05) is 15.9 Å². The molecule has 90 valence electrons. The van der Waals surface area contributed by atoms with E-state index in [4.69, 9.17) is 9.47 Å². The molecular weight excluding hydrogens is 278 g/mol. The highest BCUT2D eigenvalue weighted by Crippen LogP contribution is 2.41. The molecule has 2 fully saturated rings. The van der Waals surface area contributed by atoms with Crippen molar-refractivity contribution in [2.75, 3.05) is 7.11 Å². The van der Waals surface area contributed by atoms with Gasteiger partial charge in [0.2, 0.25) is 5.91 Å². The maximum Gasteiger partial charge on any atom is 0.329 e. The lowest BCUT2D eigenvalue weighted by Crippen LogP contribution is -2.41. The molecule has 5 atom stereocenters. The monoisotopic (exact) mass is 291 g/mol. The van der Waals surface area contributed by atoms with Gasteiger partial charge >= 0.3 is 5.97 Å². The predicted molar refractivity (Wildman–Crippen MR) is 59.1 cm³/mol. The van der Waals surface area contributed by atoms with Crippen molar-refractivity contribution in [1.82, 2.24) is 5.32 Å². The molecule has 1 N–H and O–H groups in total. The van der Waals surface area contributed by atoms with E-state index in [1.54, 1.807) is 7.11 Å². The van der Waals surface area contributed by atoms with Crippen LogP contribution in [0.25, 0.3) is 0 Å². The van der Waals surface area contributed by atoms with E-state index in [2.05, 4.69) is 21.2 Å². The Labute approximate surface area is 102 Å². The second-order valence-corrected chi connectivity index (χ2v) is 5.26. The Morgan fingerprint density at radius 1 is 1.62 bits per heavy atom. The van der Waals surface area contributed by atoms with Crippen LogP contribution >= 0.6 is 15.9 Å². The van der Waals surface area contributed by atoms with Gasteiger partial charge in [-0.2, -0.15) is 0 Å². The van der Waals surface area contributed by atoms with Crippen LogP contribution in [0.5, 0.6) is 0 Å². The first kappa shape index (κ1) is 11.9. The van der Waals surface area contributed by atoms with E-state index in [0.29, 0.717) is 6.42 Å². The number of hydrogen-bond donors (Lipinski definition) is 1. The topological polar surface area (TPSA) is 64.6 Å². The summed E-state index contributed by atoms with van der Waals surface area (Å²) in [6.45, 7) is 1.40. The third-order valence-electron chi connectivity index (χ3n) is 3.19. The molecule has 0 bridgehead atoms. The summed E-state index contributed by atoms with van der Waals surface area (Å²) in [5.74, 6) is -0.551. The fourth-order valence-corrected chi connectivity index (χ4v) is 3.38. The van der Waals surface area contributed by atoms with Gasteiger partial charge in [0.1, 0.15) is 12.1 Å². The average molecular weight is 292 g/mol. The third-order valence-corrected chi connectivity index (χ3v) is 4.30. The minimum atomic E-state index is -0.525. The van der Waals surface area contributed by atoms with Crippen LogP contribution < -0.4 is 5.32 Å². The molecule has 1 aliphatic heterocycles. The van der Waals surface area contributed by atoms with E-state index < -0.39 is 6.04 Å². The van der Waals surface area contributed by atoms with Crippen molar-refractivity contribution in [3.63, 3.8) is 0 Å². The van der Waals surface area contributed by atoms with E-state index in [1.165, 1.54) is 6.92 Å². The Hall–Kier alpha value is -0.620. The molecule has 0 aromatic rings. The lowest BCUT2D eigenvalue weighted by atomic mass is 9.99. The van der Waals surface area contributed by atoms with Gasteiger partial charge in [-0.05, 0) is 6.42 Å². The molecule has 16 heavy (non-hydrogen) atoms. The standard InChI is InChI=1S/C10H14BrNO4/c1-4(13)12-8-5-3-6(15-2)7(11)9(5)16-10(8)14/h5-9H,3H2,1-2H3,(H,12,13)/t5-,6-,7+,8+,9+/m0/s1. The molecule has 2 aliphatic rings. The fourth-order valence-electron chi connectivity index (χ4n) is 2.45. The molecule has 0 aromatic heterocycles. The average Bonchev–Trinajstić information content (AvgIpc) is 2.67. The van der Waals surface area contributed by atoms with Gasteiger partial charge in [-0.3, -0.25) is 4.79 Å². The van der Waals surface area contributed by atoms with Gasteiger partial charge in [-0.25, -0.2) is 4.79 Å². The minimum absolute atomic E-state index is 0.00482. The maximum absolute atomic E-state index is 11.6. The predicted octanol–water partition coefficient (Wildman–Crippen LogP) is 0.215. The van der Waals surface area contributed by atoms with Crippen LogP contribution in [-0.4, -0.2) is 42.1 Å². The molecule has 0 unspecified atom stereocenters. The summed E-state index contributed by atoms with van der Waals surface area (Å²) < 4.78 is 10.6. The van der Waals surface area contributed by atoms with Crippen molar-refractivity contribution in [3.05, 3.63) is 0 Å². The van der Waals surface area contributed by atoms with E-state index in [-0.39, 0.29) is 34.8 Å². The second kappa shape index (κ2) is 4.33. The van der Waals surface area contributed by atoms with Crippen LogP contribution in [0.15, 0.2) is 0 Å². The van der Waals surface area contributed by atoms with Gasteiger partial charge in [0.05, 0.1) is 10.9 Å². The van der Waals surface area contributed by atoms with Crippen molar-refractivity contribution in [3.8, 4) is 0 Å². The van der Waals surface area contributed by atoms with Crippen LogP contribution in [0.1, 0.15) is 13.3 Å². The molecule has 1 heterocycles. The van der Waals surface area contributed by atoms with Crippen molar-refractivity contribution < 1.29 is 19.1 Å². The zero-order chi connectivity index (χ0) is 11.9. The number of ether oxygens (including phenoxy) is 2. The van der Waals surface area contributed by atoms with Crippen LogP contribution in [0, 0.1) is 5.92 Å². The smallest absolute Gasteiger partial charge is 0.329 e. The number of carbonyl (C=O) groups excluding carboxylic acids is 2. The molecule has 1 aliphatic carbocycles. The number of halogens is 1. The number of esters is 1. The zero-order valence-corrected chi connectivity index (χ0v) is 10.7. The number of amides is 1. The number of fused-ring (bicyclic) bond motifs is 1. The van der Waals surface area contributed by atoms with Gasteiger partial charge in [-0.15, -0.1) is 0 Å². The van der Waals surface area contributed by atoms with Gasteiger partial charge < -0.3 is 14.8 Å². The molecule has 1 saturated heterocycles. The fraction of sp³-hybridized carbons (Fsp3) is 0.800. The zero-order valence-electron chi connectivity index (χ0n) is 9.10. The number of carbonyl (C=O) groups is 2. The molecule has 2 rings (SSSR count).